The molecule has 3 nitrogen and oxygen atoms in total. The zero-order valence-electron chi connectivity index (χ0n) is 11.6. The van der Waals surface area contributed by atoms with Crippen LogP contribution in [-0.2, 0) is 13.0 Å². The van der Waals surface area contributed by atoms with Gasteiger partial charge in [-0.1, -0.05) is 40.2 Å². The maximum absolute atomic E-state index is 12.6. The van der Waals surface area contributed by atoms with E-state index in [0.29, 0.717) is 18.7 Å². The van der Waals surface area contributed by atoms with Crippen molar-refractivity contribution in [3.8, 4) is 5.75 Å². The lowest BCUT2D eigenvalue weighted by atomic mass is 10.0. The third-order valence-corrected chi connectivity index (χ3v) is 4.32. The smallest absolute Gasteiger partial charge is 0.257 e. The molecule has 1 heterocycles. The van der Waals surface area contributed by atoms with E-state index < -0.39 is 0 Å². The molecule has 0 aliphatic carbocycles. The molecular formula is C17H16BrNO2. The van der Waals surface area contributed by atoms with Gasteiger partial charge in [0.15, 0.2) is 0 Å². The second kappa shape index (κ2) is 5.90. The van der Waals surface area contributed by atoms with E-state index in [1.54, 1.807) is 18.2 Å². The van der Waals surface area contributed by atoms with E-state index in [2.05, 4.69) is 28.1 Å². The summed E-state index contributed by atoms with van der Waals surface area (Å²) in [6.45, 7) is 1.31. The fraction of sp³-hybridized carbons (Fsp3) is 0.235. The van der Waals surface area contributed by atoms with Crippen molar-refractivity contribution >= 4 is 21.8 Å². The molecule has 0 fully saturated rings. The Bertz CT molecular complexity index is 684. The second-order valence-electron chi connectivity index (χ2n) is 5.26. The Morgan fingerprint density at radius 2 is 1.90 bits per heavy atom. The lowest BCUT2D eigenvalue weighted by Crippen LogP contribution is -2.30. The first-order valence-electron chi connectivity index (χ1n) is 7.00. The summed E-state index contributed by atoms with van der Waals surface area (Å²) in [5.41, 5.74) is 2.87. The minimum Gasteiger partial charge on any atom is -0.507 e. The Hall–Kier alpha value is -1.81. The van der Waals surface area contributed by atoms with Gasteiger partial charge in [0, 0.05) is 17.6 Å². The highest BCUT2D eigenvalue weighted by atomic mass is 79.9. The van der Waals surface area contributed by atoms with Gasteiger partial charge in [-0.15, -0.1) is 0 Å². The minimum atomic E-state index is -0.114. The van der Waals surface area contributed by atoms with Gasteiger partial charge in [-0.3, -0.25) is 4.79 Å². The molecule has 1 N–H and O–H groups in total. The van der Waals surface area contributed by atoms with Gasteiger partial charge in [0.05, 0.1) is 5.56 Å². The highest BCUT2D eigenvalue weighted by Gasteiger charge is 2.22. The number of halogens is 1. The summed E-state index contributed by atoms with van der Waals surface area (Å²) in [7, 11) is 0. The Balaban J connectivity index is 1.88. The molecule has 0 bridgehead atoms. The van der Waals surface area contributed by atoms with Crippen molar-refractivity contribution in [3.05, 3.63) is 63.6 Å². The fourth-order valence-corrected chi connectivity index (χ4v) is 3.08. The number of rotatable bonds is 1. The van der Waals surface area contributed by atoms with Crippen molar-refractivity contribution in [1.29, 1.82) is 0 Å². The number of carbonyl (C=O) groups excluding carboxylic acids is 1. The molecule has 0 aromatic heterocycles. The van der Waals surface area contributed by atoms with E-state index in [0.717, 1.165) is 17.3 Å². The number of benzene rings is 2. The summed E-state index contributed by atoms with van der Waals surface area (Å²) < 4.78 is 0.762. The van der Waals surface area contributed by atoms with Crippen molar-refractivity contribution in [3.63, 3.8) is 0 Å². The number of phenolic OH excluding ortho intramolecular Hbond substituents is 1. The molecule has 0 unspecified atom stereocenters. The van der Waals surface area contributed by atoms with Crippen molar-refractivity contribution in [1.82, 2.24) is 4.90 Å². The summed E-state index contributed by atoms with van der Waals surface area (Å²) in [6.07, 6.45) is 1.94. The van der Waals surface area contributed by atoms with Crippen molar-refractivity contribution in [2.45, 2.75) is 19.4 Å². The van der Waals surface area contributed by atoms with Gasteiger partial charge >= 0.3 is 0 Å². The lowest BCUT2D eigenvalue weighted by Gasteiger charge is -2.21. The maximum Gasteiger partial charge on any atom is 0.257 e. The van der Waals surface area contributed by atoms with Crippen LogP contribution in [0.25, 0.3) is 0 Å². The third-order valence-electron chi connectivity index (χ3n) is 3.83. The SMILES string of the molecule is O=C(c1ccc(Br)cc1O)N1CCCc2ccccc2C1. The molecule has 4 heteroatoms. The standard InChI is InChI=1S/C17H16BrNO2/c18-14-7-8-15(16(20)10-14)17(21)19-9-3-6-12-4-1-2-5-13(12)11-19/h1-2,4-5,7-8,10,20H,3,6,9,11H2. The average Bonchev–Trinajstić information content (AvgIpc) is 2.68. The number of carbonyl (C=O) groups is 1. The van der Waals surface area contributed by atoms with Crippen LogP contribution < -0.4 is 0 Å². The van der Waals surface area contributed by atoms with Crippen molar-refractivity contribution < 1.29 is 9.90 Å². The van der Waals surface area contributed by atoms with E-state index in [4.69, 9.17) is 0 Å². The van der Waals surface area contributed by atoms with Crippen LogP contribution in [0.4, 0.5) is 0 Å². The zero-order chi connectivity index (χ0) is 14.8. The number of nitrogens with zero attached hydrogens (tertiary/aromatic N) is 1. The van der Waals surface area contributed by atoms with Crippen LogP contribution in [0.3, 0.4) is 0 Å². The van der Waals surface area contributed by atoms with Gasteiger partial charge in [0.25, 0.3) is 5.91 Å². The first-order chi connectivity index (χ1) is 10.1. The molecule has 0 atom stereocenters. The van der Waals surface area contributed by atoms with Crippen LogP contribution in [-0.4, -0.2) is 22.5 Å². The van der Waals surface area contributed by atoms with E-state index >= 15 is 0 Å². The van der Waals surface area contributed by atoms with E-state index in [1.807, 2.05) is 17.0 Å². The minimum absolute atomic E-state index is 0.0203. The zero-order valence-corrected chi connectivity index (χ0v) is 13.1. The molecule has 0 spiro atoms. The number of phenols is 1. The monoisotopic (exact) mass is 345 g/mol. The summed E-state index contributed by atoms with van der Waals surface area (Å²) in [6, 6.07) is 13.2. The molecule has 21 heavy (non-hydrogen) atoms. The average molecular weight is 346 g/mol. The summed E-state index contributed by atoms with van der Waals surface area (Å²) in [4.78, 5) is 14.5. The van der Waals surface area contributed by atoms with Crippen molar-refractivity contribution in [2.75, 3.05) is 6.54 Å². The highest BCUT2D eigenvalue weighted by molar-refractivity contribution is 9.10. The predicted molar refractivity (Wildman–Crippen MR) is 85.3 cm³/mol. The Labute approximate surface area is 132 Å². The van der Waals surface area contributed by atoms with Gasteiger partial charge in [-0.2, -0.15) is 0 Å². The van der Waals surface area contributed by atoms with Gasteiger partial charge in [-0.25, -0.2) is 0 Å². The molecule has 1 aliphatic heterocycles. The van der Waals surface area contributed by atoms with Crippen LogP contribution in [0.5, 0.6) is 5.75 Å². The van der Waals surface area contributed by atoms with E-state index in [9.17, 15) is 9.90 Å². The molecule has 3 rings (SSSR count). The van der Waals surface area contributed by atoms with Crippen LogP contribution in [0.2, 0.25) is 0 Å². The van der Waals surface area contributed by atoms with Crippen LogP contribution in [0.15, 0.2) is 46.9 Å². The molecular weight excluding hydrogens is 330 g/mol. The van der Waals surface area contributed by atoms with Crippen molar-refractivity contribution in [2.24, 2.45) is 0 Å². The lowest BCUT2D eigenvalue weighted by molar-refractivity contribution is 0.0743. The number of amides is 1. The Morgan fingerprint density at radius 3 is 2.67 bits per heavy atom. The van der Waals surface area contributed by atoms with Gasteiger partial charge in [-0.05, 0) is 42.2 Å². The topological polar surface area (TPSA) is 40.5 Å². The molecule has 2 aromatic carbocycles. The third kappa shape index (κ3) is 2.95. The van der Waals surface area contributed by atoms with Crippen LogP contribution >= 0.6 is 15.9 Å². The fourth-order valence-electron chi connectivity index (χ4n) is 2.73. The summed E-state index contributed by atoms with van der Waals surface area (Å²) >= 11 is 3.29. The molecule has 0 saturated heterocycles. The number of fused-ring (bicyclic) bond motifs is 1. The van der Waals surface area contributed by atoms with E-state index in [1.165, 1.54) is 11.1 Å². The molecule has 2 aromatic rings. The van der Waals surface area contributed by atoms with Gasteiger partial charge in [0.2, 0.25) is 0 Å². The Morgan fingerprint density at radius 1 is 1.14 bits per heavy atom. The number of hydrogen-bond acceptors (Lipinski definition) is 2. The largest absolute Gasteiger partial charge is 0.507 e. The van der Waals surface area contributed by atoms with Crippen LogP contribution in [0.1, 0.15) is 27.9 Å². The Kier molecular flexibility index (Phi) is 3.97. The van der Waals surface area contributed by atoms with Gasteiger partial charge in [0.1, 0.15) is 5.75 Å². The molecule has 1 aliphatic rings. The quantitative estimate of drug-likeness (QED) is 0.855. The number of aromatic hydroxyl groups is 1. The highest BCUT2D eigenvalue weighted by Crippen LogP contribution is 2.26. The molecule has 0 saturated carbocycles. The number of hydrogen-bond donors (Lipinski definition) is 1. The van der Waals surface area contributed by atoms with Crippen LogP contribution in [0, 0.1) is 0 Å². The first-order valence-corrected chi connectivity index (χ1v) is 7.79. The second-order valence-corrected chi connectivity index (χ2v) is 6.18. The molecule has 108 valence electrons. The summed E-state index contributed by atoms with van der Waals surface area (Å²) in [5, 5.41) is 9.98. The normalized spacial score (nSPS) is 14.4. The summed E-state index contributed by atoms with van der Waals surface area (Å²) in [5.74, 6) is -0.0939. The predicted octanol–water partition coefficient (Wildman–Crippen LogP) is 3.74. The van der Waals surface area contributed by atoms with E-state index in [-0.39, 0.29) is 11.7 Å². The molecule has 0 radical (unpaired) electrons. The first kappa shape index (κ1) is 14.1. The number of aryl methyl sites for hydroxylation is 1. The van der Waals surface area contributed by atoms with Gasteiger partial charge < -0.3 is 10.0 Å². The maximum atomic E-state index is 12.6. The molecule has 1 amide bonds.